The average Bonchev–Trinajstić information content (AvgIpc) is 1.50. The molecule has 0 aromatic carbocycles. The summed E-state index contributed by atoms with van der Waals surface area (Å²) in [5.41, 5.74) is 0. The van der Waals surface area contributed by atoms with E-state index in [1.807, 2.05) is 0 Å². The molecule has 5 heavy (non-hydrogen) atoms. The molecule has 0 rings (SSSR count). The van der Waals surface area contributed by atoms with Crippen molar-refractivity contribution in [3.05, 3.63) is 26.3 Å². The van der Waals surface area contributed by atoms with Crippen LogP contribution in [0.1, 0.15) is 0 Å². The fraction of sp³-hybridized carbons (Fsp3) is 0. The maximum atomic E-state index is 3.00. The van der Waals surface area contributed by atoms with Crippen molar-refractivity contribution in [2.75, 3.05) is 0 Å². The predicted octanol–water partition coefficient (Wildman–Crippen LogP) is 1.60. The molecule has 0 N–H and O–H groups in total. The first-order valence-corrected chi connectivity index (χ1v) is 1.000. The van der Waals surface area contributed by atoms with Crippen LogP contribution in [0.4, 0.5) is 0 Å². The van der Waals surface area contributed by atoms with Crippen LogP contribution in [0, 0.1) is 0 Å². The van der Waals surface area contributed by atoms with Crippen LogP contribution in [0.25, 0.3) is 0 Å². The zero-order chi connectivity index (χ0) is 4.00. The minimum Gasteiger partial charge on any atom is -0.106 e. The van der Waals surface area contributed by atoms with Gasteiger partial charge in [0.1, 0.15) is 0 Å². The molecule has 0 aromatic heterocycles. The van der Waals surface area contributed by atoms with Crippen LogP contribution in [0.15, 0.2) is 26.3 Å². The van der Waals surface area contributed by atoms with Gasteiger partial charge in [0.05, 0.1) is 0 Å². The van der Waals surface area contributed by atoms with Gasteiger partial charge in [0.25, 0.3) is 0 Å². The molecule has 0 aliphatic rings. The third-order valence-corrected chi connectivity index (χ3v) is 0. The van der Waals surface area contributed by atoms with Crippen LogP contribution in [0.5, 0.6) is 0 Å². The Morgan fingerprint density at radius 1 is 0.600 bits per heavy atom. The topological polar surface area (TPSA) is 0 Å². The van der Waals surface area contributed by atoms with E-state index >= 15 is 0 Å². The summed E-state index contributed by atoms with van der Waals surface area (Å²) in [6.07, 6.45) is 0. The van der Waals surface area contributed by atoms with Crippen molar-refractivity contribution in [2.24, 2.45) is 0 Å². The van der Waals surface area contributed by atoms with Crippen molar-refractivity contribution in [1.82, 2.24) is 0 Å². The van der Waals surface area contributed by atoms with E-state index < -0.39 is 0 Å². The molecule has 0 saturated heterocycles. The van der Waals surface area contributed by atoms with Crippen LogP contribution in [0.2, 0.25) is 0 Å². The van der Waals surface area contributed by atoms with Gasteiger partial charge in [0, 0.05) is 19.8 Å². The Morgan fingerprint density at radius 2 is 0.600 bits per heavy atom. The van der Waals surface area contributed by atoms with Crippen LogP contribution in [-0.4, -0.2) is 0 Å². The van der Waals surface area contributed by atoms with Crippen LogP contribution in [-0.2, 0) is 19.8 Å². The first kappa shape index (κ1) is 19.4. The Morgan fingerprint density at radius 3 is 0.600 bits per heavy atom. The summed E-state index contributed by atoms with van der Waals surface area (Å²) in [5, 5.41) is 0. The van der Waals surface area contributed by atoms with Gasteiger partial charge in [-0.15, -0.1) is 26.3 Å². The molecule has 0 amide bonds. The second kappa shape index (κ2) is 2950. The molecular formula is C4H8Os. The summed E-state index contributed by atoms with van der Waals surface area (Å²) >= 11 is 0. The molecule has 0 fully saturated rings. The van der Waals surface area contributed by atoms with E-state index in [4.69, 9.17) is 0 Å². The summed E-state index contributed by atoms with van der Waals surface area (Å²) in [7, 11) is 0. The summed E-state index contributed by atoms with van der Waals surface area (Å²) < 4.78 is 0. The largest absolute Gasteiger partial charge is 0.106 e. The molecule has 0 aliphatic carbocycles. The Labute approximate surface area is 46.6 Å². The minimum absolute atomic E-state index is 0. The maximum absolute atomic E-state index is 3.00. The zero-order valence-corrected chi connectivity index (χ0v) is 5.72. The molecule has 0 radical (unpaired) electrons. The second-order valence-electron chi connectivity index (χ2n) is 0. The smallest absolute Gasteiger partial charge is 0 e. The molecule has 0 spiro atoms. The Kier molecular flexibility index (Phi) is 11400. The van der Waals surface area contributed by atoms with Crippen LogP contribution < -0.4 is 0 Å². The molecule has 0 nitrogen and oxygen atoms in total. The van der Waals surface area contributed by atoms with Crippen molar-refractivity contribution in [2.45, 2.75) is 0 Å². The summed E-state index contributed by atoms with van der Waals surface area (Å²) in [6, 6.07) is 0. The standard InChI is InChI=1S/2C2H4.Os/c2*1-2;/h2*1-2H2;. The van der Waals surface area contributed by atoms with Gasteiger partial charge in [-0.3, -0.25) is 0 Å². The molecule has 0 heterocycles. The Bertz CT molecular complexity index is 5.61. The number of hydrogen-bond acceptors (Lipinski definition) is 0. The molecule has 0 aromatic rings. The molecule has 0 bridgehead atoms. The third-order valence-electron chi connectivity index (χ3n) is 0. The maximum Gasteiger partial charge on any atom is 0 e. The number of rotatable bonds is 0. The Hall–Kier alpha value is 0.116. The fourth-order valence-electron chi connectivity index (χ4n) is 0. The monoisotopic (exact) mass is 248 g/mol. The summed E-state index contributed by atoms with van der Waals surface area (Å²) in [4.78, 5) is 0. The van der Waals surface area contributed by atoms with E-state index in [1.165, 1.54) is 0 Å². The first-order chi connectivity index (χ1) is 2.00. The van der Waals surface area contributed by atoms with Crippen LogP contribution >= 0.6 is 0 Å². The van der Waals surface area contributed by atoms with Gasteiger partial charge in [-0.05, 0) is 0 Å². The zero-order valence-electron chi connectivity index (χ0n) is 3.18. The predicted molar refractivity (Wildman–Crippen MR) is 22.5 cm³/mol. The van der Waals surface area contributed by atoms with E-state index in [-0.39, 0.29) is 19.8 Å². The van der Waals surface area contributed by atoms with Gasteiger partial charge < -0.3 is 0 Å². The van der Waals surface area contributed by atoms with Crippen molar-refractivity contribution in [1.29, 1.82) is 0 Å². The van der Waals surface area contributed by atoms with E-state index in [2.05, 4.69) is 26.3 Å². The number of hydrogen-bond donors (Lipinski definition) is 0. The summed E-state index contributed by atoms with van der Waals surface area (Å²) in [5.74, 6) is 0. The van der Waals surface area contributed by atoms with E-state index in [1.54, 1.807) is 0 Å². The molecule has 0 saturated carbocycles. The molecule has 0 aliphatic heterocycles. The summed E-state index contributed by atoms with van der Waals surface area (Å²) in [6.45, 7) is 12.0. The minimum atomic E-state index is 0. The van der Waals surface area contributed by atoms with E-state index in [0.29, 0.717) is 0 Å². The second-order valence-corrected chi connectivity index (χ2v) is 0. The van der Waals surface area contributed by atoms with Gasteiger partial charge in [-0.1, -0.05) is 0 Å². The normalized spacial score (nSPS) is 1.60. The molecule has 32 valence electrons. The van der Waals surface area contributed by atoms with Crippen molar-refractivity contribution in [3.8, 4) is 0 Å². The molecular weight excluding hydrogens is 238 g/mol. The SMILES string of the molecule is C=C.C=C.[Os]. The molecule has 0 atom stereocenters. The first-order valence-electron chi connectivity index (χ1n) is 1.000. The van der Waals surface area contributed by atoms with Crippen molar-refractivity contribution < 1.29 is 19.8 Å². The fourth-order valence-corrected chi connectivity index (χ4v) is 0. The van der Waals surface area contributed by atoms with Crippen molar-refractivity contribution in [3.63, 3.8) is 0 Å². The quantitative estimate of drug-likeness (QED) is 0.570. The van der Waals surface area contributed by atoms with Gasteiger partial charge in [-0.2, -0.15) is 0 Å². The van der Waals surface area contributed by atoms with E-state index in [0.717, 1.165) is 0 Å². The third kappa shape index (κ3) is 1360. The Balaban J connectivity index is -0.0000000133. The molecule has 1 heteroatoms. The van der Waals surface area contributed by atoms with Gasteiger partial charge >= 0.3 is 0 Å². The van der Waals surface area contributed by atoms with Gasteiger partial charge in [0.2, 0.25) is 0 Å². The van der Waals surface area contributed by atoms with Crippen molar-refractivity contribution >= 4 is 0 Å². The van der Waals surface area contributed by atoms with Gasteiger partial charge in [-0.25, -0.2) is 0 Å². The average molecular weight is 246 g/mol. The van der Waals surface area contributed by atoms with E-state index in [9.17, 15) is 0 Å². The molecule has 0 unspecified atom stereocenters. The van der Waals surface area contributed by atoms with Gasteiger partial charge in [0.15, 0.2) is 0 Å². The van der Waals surface area contributed by atoms with Crippen LogP contribution in [0.3, 0.4) is 0 Å².